The molecule has 0 spiro atoms. The van der Waals surface area contributed by atoms with E-state index in [1.54, 1.807) is 12.4 Å². The van der Waals surface area contributed by atoms with Crippen molar-refractivity contribution in [3.63, 3.8) is 0 Å². The van der Waals surface area contributed by atoms with Crippen molar-refractivity contribution in [2.24, 2.45) is 0 Å². The number of halogens is 1. The minimum Gasteiger partial charge on any atom is -0.339 e. The van der Waals surface area contributed by atoms with Gasteiger partial charge >= 0.3 is 0 Å². The largest absolute Gasteiger partial charge is 0.339 e. The minimum absolute atomic E-state index is 0.408. The number of anilines is 1. The van der Waals surface area contributed by atoms with Crippen molar-refractivity contribution < 1.29 is 0 Å². The van der Waals surface area contributed by atoms with Gasteiger partial charge in [-0.1, -0.05) is 11.6 Å². The van der Waals surface area contributed by atoms with E-state index in [1.165, 1.54) is 0 Å². The molecule has 1 rings (SSSR count). The van der Waals surface area contributed by atoms with Gasteiger partial charge in [0.25, 0.3) is 0 Å². The molecular formula is C9H14ClN3. The molecule has 1 aromatic heterocycles. The number of nitrogens with zero attached hydrogens (tertiary/aromatic N) is 3. The van der Waals surface area contributed by atoms with E-state index in [-0.39, 0.29) is 0 Å². The summed E-state index contributed by atoms with van der Waals surface area (Å²) in [5.41, 5.74) is 0. The fourth-order valence-electron chi connectivity index (χ4n) is 1.19. The van der Waals surface area contributed by atoms with Crippen molar-refractivity contribution in [1.82, 2.24) is 9.97 Å². The summed E-state index contributed by atoms with van der Waals surface area (Å²) in [6.45, 7) is 7.21. The topological polar surface area (TPSA) is 29.0 Å². The molecule has 0 radical (unpaired) electrons. The van der Waals surface area contributed by atoms with Crippen LogP contribution in [0.5, 0.6) is 0 Å². The third kappa shape index (κ3) is 2.56. The monoisotopic (exact) mass is 199 g/mol. The van der Waals surface area contributed by atoms with Gasteiger partial charge in [0.05, 0.1) is 17.4 Å². The Morgan fingerprint density at radius 2 is 1.92 bits per heavy atom. The Labute approximate surface area is 83.8 Å². The lowest BCUT2D eigenvalue weighted by Crippen LogP contribution is -2.31. The van der Waals surface area contributed by atoms with E-state index in [0.29, 0.717) is 11.1 Å². The van der Waals surface area contributed by atoms with Crippen LogP contribution in [0.25, 0.3) is 0 Å². The van der Waals surface area contributed by atoms with Crippen molar-refractivity contribution in [3.8, 4) is 0 Å². The molecule has 0 unspecified atom stereocenters. The van der Waals surface area contributed by atoms with E-state index in [1.807, 2.05) is 0 Å². The highest BCUT2D eigenvalue weighted by atomic mass is 35.5. The van der Waals surface area contributed by atoms with Gasteiger partial charge in [-0.3, -0.25) is 0 Å². The van der Waals surface area contributed by atoms with E-state index in [2.05, 4.69) is 35.6 Å². The molecule has 0 saturated heterocycles. The molecule has 0 N–H and O–H groups in total. The minimum atomic E-state index is 0.408. The molecule has 0 atom stereocenters. The van der Waals surface area contributed by atoms with E-state index in [4.69, 9.17) is 11.6 Å². The van der Waals surface area contributed by atoms with E-state index in [0.717, 1.165) is 12.5 Å². The van der Waals surface area contributed by atoms with Crippen LogP contribution in [-0.4, -0.2) is 22.6 Å². The van der Waals surface area contributed by atoms with E-state index >= 15 is 0 Å². The lowest BCUT2D eigenvalue weighted by molar-refractivity contribution is 0.681. The molecule has 4 heteroatoms. The van der Waals surface area contributed by atoms with Crippen molar-refractivity contribution in [3.05, 3.63) is 17.4 Å². The predicted molar refractivity (Wildman–Crippen MR) is 55.2 cm³/mol. The van der Waals surface area contributed by atoms with Crippen molar-refractivity contribution >= 4 is 17.5 Å². The van der Waals surface area contributed by atoms with Gasteiger partial charge in [-0.25, -0.2) is 9.97 Å². The molecule has 1 heterocycles. The number of aromatic nitrogens is 2. The molecule has 72 valence electrons. The number of hydrogen-bond acceptors (Lipinski definition) is 3. The quantitative estimate of drug-likeness (QED) is 0.749. The molecule has 3 nitrogen and oxygen atoms in total. The third-order valence-corrected chi connectivity index (χ3v) is 2.02. The molecule has 0 aromatic carbocycles. The van der Waals surface area contributed by atoms with Crippen LogP contribution in [0, 0.1) is 0 Å². The Morgan fingerprint density at radius 1 is 1.38 bits per heavy atom. The van der Waals surface area contributed by atoms with Gasteiger partial charge in [-0.2, -0.15) is 0 Å². The molecule has 0 saturated carbocycles. The Kier molecular flexibility index (Phi) is 3.48. The van der Waals surface area contributed by atoms with Crippen LogP contribution >= 0.6 is 11.6 Å². The highest BCUT2D eigenvalue weighted by Gasteiger charge is 2.09. The second kappa shape index (κ2) is 4.42. The van der Waals surface area contributed by atoms with Crippen LogP contribution in [0.4, 0.5) is 5.95 Å². The normalized spacial score (nSPS) is 10.5. The lowest BCUT2D eigenvalue weighted by Gasteiger charge is -2.24. The summed E-state index contributed by atoms with van der Waals surface area (Å²) < 4.78 is 0. The zero-order valence-electron chi connectivity index (χ0n) is 8.16. The first-order valence-corrected chi connectivity index (χ1v) is 4.77. The third-order valence-electron chi connectivity index (χ3n) is 1.83. The molecule has 0 fully saturated rings. The smallest absolute Gasteiger partial charge is 0.225 e. The standard InChI is InChI=1S/C9H14ClN3/c1-4-13(7(2)3)9-11-5-8(10)6-12-9/h5-7H,4H2,1-3H3. The molecule has 0 aliphatic carbocycles. The predicted octanol–water partition coefficient (Wildman–Crippen LogP) is 2.36. The van der Waals surface area contributed by atoms with Gasteiger partial charge < -0.3 is 4.90 Å². The average Bonchev–Trinajstić information content (AvgIpc) is 2.09. The molecule has 13 heavy (non-hydrogen) atoms. The fraction of sp³-hybridized carbons (Fsp3) is 0.556. The van der Waals surface area contributed by atoms with E-state index < -0.39 is 0 Å². The summed E-state index contributed by atoms with van der Waals surface area (Å²) in [4.78, 5) is 10.4. The molecule has 0 aliphatic heterocycles. The second-order valence-electron chi connectivity index (χ2n) is 3.08. The first-order chi connectivity index (χ1) is 6.15. The van der Waals surface area contributed by atoms with Gasteiger partial charge in [-0.05, 0) is 20.8 Å². The molecule has 0 aliphatic rings. The lowest BCUT2D eigenvalue weighted by atomic mass is 10.3. The van der Waals surface area contributed by atoms with Gasteiger partial charge in [0, 0.05) is 12.6 Å². The number of rotatable bonds is 3. The SMILES string of the molecule is CCN(c1ncc(Cl)cn1)C(C)C. The Balaban J connectivity index is 2.86. The number of hydrogen-bond donors (Lipinski definition) is 0. The van der Waals surface area contributed by atoms with Crippen LogP contribution < -0.4 is 4.90 Å². The van der Waals surface area contributed by atoms with Crippen molar-refractivity contribution in [2.45, 2.75) is 26.8 Å². The van der Waals surface area contributed by atoms with Gasteiger partial charge in [0.15, 0.2) is 0 Å². The highest BCUT2D eigenvalue weighted by molar-refractivity contribution is 6.30. The van der Waals surface area contributed by atoms with Crippen LogP contribution in [0.2, 0.25) is 5.02 Å². The molecular weight excluding hydrogens is 186 g/mol. The van der Waals surface area contributed by atoms with Gasteiger partial charge in [0.2, 0.25) is 5.95 Å². The van der Waals surface area contributed by atoms with Crippen molar-refractivity contribution in [1.29, 1.82) is 0 Å². The van der Waals surface area contributed by atoms with E-state index in [9.17, 15) is 0 Å². The van der Waals surface area contributed by atoms with Crippen LogP contribution in [0.1, 0.15) is 20.8 Å². The first-order valence-electron chi connectivity index (χ1n) is 4.39. The zero-order chi connectivity index (χ0) is 9.84. The maximum absolute atomic E-state index is 5.70. The second-order valence-corrected chi connectivity index (χ2v) is 3.52. The Morgan fingerprint density at radius 3 is 2.31 bits per heavy atom. The maximum Gasteiger partial charge on any atom is 0.225 e. The van der Waals surface area contributed by atoms with Crippen LogP contribution in [-0.2, 0) is 0 Å². The average molecular weight is 200 g/mol. The fourth-order valence-corrected chi connectivity index (χ4v) is 1.29. The van der Waals surface area contributed by atoms with Crippen molar-refractivity contribution in [2.75, 3.05) is 11.4 Å². The molecule has 1 aromatic rings. The first kappa shape index (κ1) is 10.3. The Hall–Kier alpha value is -0.830. The van der Waals surface area contributed by atoms with Gasteiger partial charge in [-0.15, -0.1) is 0 Å². The summed E-state index contributed by atoms with van der Waals surface area (Å²) in [5.74, 6) is 0.738. The molecule has 0 amide bonds. The summed E-state index contributed by atoms with van der Waals surface area (Å²) in [5, 5.41) is 0.573. The summed E-state index contributed by atoms with van der Waals surface area (Å²) in [6, 6.07) is 0.408. The summed E-state index contributed by atoms with van der Waals surface area (Å²) in [7, 11) is 0. The van der Waals surface area contributed by atoms with Crippen LogP contribution in [0.3, 0.4) is 0 Å². The maximum atomic E-state index is 5.70. The zero-order valence-corrected chi connectivity index (χ0v) is 8.91. The summed E-state index contributed by atoms with van der Waals surface area (Å²) >= 11 is 5.70. The molecule has 0 bridgehead atoms. The highest BCUT2D eigenvalue weighted by Crippen LogP contribution is 2.12. The van der Waals surface area contributed by atoms with Crippen LogP contribution in [0.15, 0.2) is 12.4 Å². The summed E-state index contributed by atoms with van der Waals surface area (Å²) in [6.07, 6.45) is 3.24. The van der Waals surface area contributed by atoms with Gasteiger partial charge in [0.1, 0.15) is 0 Å². The Bertz CT molecular complexity index is 258.